The first-order valence-electron chi connectivity index (χ1n) is 14.7. The molecule has 1 aliphatic heterocycles. The number of allylic oxidation sites excluding steroid dienone is 2. The SMILES string of the molecule is Cn1c(Nc2cc(C3CC3)cn([C@@H]3CC[C@H]3OCc3ccccc3)c2=O)nc2ncc(O/C(C=N)=C3\C=NC=C[NH2+]3)c(Cl)c21. The molecule has 0 unspecified atom stereocenters. The van der Waals surface area contributed by atoms with Gasteiger partial charge in [-0.2, -0.15) is 4.98 Å². The molecule has 0 spiro atoms. The molecule has 11 nitrogen and oxygen atoms in total. The minimum atomic E-state index is -0.121. The Balaban J connectivity index is 1.17. The number of benzene rings is 1. The number of anilines is 2. The van der Waals surface area contributed by atoms with Gasteiger partial charge in [-0.3, -0.25) is 15.1 Å². The molecule has 3 aromatic heterocycles. The molecule has 4 heterocycles. The molecule has 224 valence electrons. The van der Waals surface area contributed by atoms with E-state index >= 15 is 0 Å². The van der Waals surface area contributed by atoms with E-state index in [2.05, 4.69) is 32.4 Å². The van der Waals surface area contributed by atoms with Gasteiger partial charge in [0, 0.05) is 13.2 Å². The molecule has 0 saturated heterocycles. The lowest BCUT2D eigenvalue weighted by Crippen LogP contribution is -2.77. The number of pyridine rings is 2. The summed E-state index contributed by atoms with van der Waals surface area (Å²) in [4.78, 5) is 27.1. The highest BCUT2D eigenvalue weighted by Crippen LogP contribution is 2.42. The fourth-order valence-electron chi connectivity index (χ4n) is 5.56. The van der Waals surface area contributed by atoms with Crippen LogP contribution < -0.4 is 20.9 Å². The monoisotopic (exact) mass is 611 g/mol. The number of nitrogens with zero attached hydrogens (tertiary/aromatic N) is 5. The molecule has 12 heteroatoms. The summed E-state index contributed by atoms with van der Waals surface area (Å²) in [6.07, 6.45) is 13.6. The van der Waals surface area contributed by atoms with Crippen LogP contribution in [0.1, 0.15) is 48.8 Å². The molecule has 4 N–H and O–H groups in total. The summed E-state index contributed by atoms with van der Waals surface area (Å²) in [7, 11) is 1.81. The Morgan fingerprint density at radius 2 is 2.07 bits per heavy atom. The number of imidazole rings is 1. The maximum Gasteiger partial charge on any atom is 0.274 e. The number of aromatic nitrogens is 4. The van der Waals surface area contributed by atoms with Crippen molar-refractivity contribution in [1.82, 2.24) is 19.1 Å². The number of aliphatic imine (C=N–C) groups is 1. The Hall–Kier alpha value is -4.58. The molecule has 0 amide bonds. The molecule has 44 heavy (non-hydrogen) atoms. The maximum absolute atomic E-state index is 13.9. The predicted molar refractivity (Wildman–Crippen MR) is 169 cm³/mol. The van der Waals surface area contributed by atoms with Crippen molar-refractivity contribution in [2.75, 3.05) is 5.32 Å². The summed E-state index contributed by atoms with van der Waals surface area (Å²) < 4.78 is 15.8. The van der Waals surface area contributed by atoms with E-state index < -0.39 is 0 Å². The van der Waals surface area contributed by atoms with Gasteiger partial charge in [-0.15, -0.1) is 0 Å². The van der Waals surface area contributed by atoms with E-state index in [-0.39, 0.29) is 29.2 Å². The molecule has 7 rings (SSSR count). The summed E-state index contributed by atoms with van der Waals surface area (Å²) in [6.45, 7) is 0.519. The van der Waals surface area contributed by atoms with Crippen molar-refractivity contribution in [3.8, 4) is 5.75 Å². The van der Waals surface area contributed by atoms with Gasteiger partial charge >= 0.3 is 0 Å². The van der Waals surface area contributed by atoms with Crippen LogP contribution in [0.5, 0.6) is 5.75 Å². The number of hydrogen-bond donors (Lipinski definition) is 3. The summed E-state index contributed by atoms with van der Waals surface area (Å²) in [6, 6.07) is 12.0. The van der Waals surface area contributed by atoms with Crippen LogP contribution in [0.4, 0.5) is 11.6 Å². The Kier molecular flexibility index (Phi) is 7.59. The van der Waals surface area contributed by atoms with Gasteiger partial charge in [0.15, 0.2) is 17.1 Å². The van der Waals surface area contributed by atoms with Crippen LogP contribution in [0.3, 0.4) is 0 Å². The first-order chi connectivity index (χ1) is 21.5. The largest absolute Gasteiger partial charge is 0.446 e. The average Bonchev–Trinajstić information content (AvgIpc) is 3.83. The van der Waals surface area contributed by atoms with Crippen molar-refractivity contribution in [3.63, 3.8) is 0 Å². The number of fused-ring (bicyclic) bond motifs is 1. The summed E-state index contributed by atoms with van der Waals surface area (Å²) in [5, 5.41) is 13.2. The fraction of sp³-hybridized carbons (Fsp3) is 0.281. The minimum absolute atomic E-state index is 0.0262. The number of quaternary nitrogens is 1. The van der Waals surface area contributed by atoms with E-state index in [0.717, 1.165) is 43.0 Å². The van der Waals surface area contributed by atoms with Crippen LogP contribution >= 0.6 is 11.6 Å². The van der Waals surface area contributed by atoms with Crippen LogP contribution in [0.15, 0.2) is 82.4 Å². The third-order valence-corrected chi connectivity index (χ3v) is 8.67. The summed E-state index contributed by atoms with van der Waals surface area (Å²) >= 11 is 6.80. The second kappa shape index (κ2) is 11.8. The van der Waals surface area contributed by atoms with E-state index in [1.807, 2.05) is 35.0 Å². The number of aryl methyl sites for hydroxylation is 1. The highest BCUT2D eigenvalue weighted by molar-refractivity contribution is 6.36. The van der Waals surface area contributed by atoms with Crippen molar-refractivity contribution in [2.45, 2.75) is 50.4 Å². The Bertz CT molecular complexity index is 1890. The Morgan fingerprint density at radius 3 is 2.77 bits per heavy atom. The van der Waals surface area contributed by atoms with Crippen molar-refractivity contribution in [3.05, 3.63) is 99.2 Å². The number of nitrogens with one attached hydrogen (secondary N) is 2. The number of hydrogen-bond acceptors (Lipinski definition) is 8. The predicted octanol–water partition coefficient (Wildman–Crippen LogP) is 4.68. The third kappa shape index (κ3) is 5.45. The molecule has 4 aromatic rings. The van der Waals surface area contributed by atoms with Crippen LogP contribution in [-0.4, -0.2) is 37.6 Å². The van der Waals surface area contributed by atoms with Crippen molar-refractivity contribution < 1.29 is 14.8 Å². The van der Waals surface area contributed by atoms with E-state index in [4.69, 9.17) is 26.5 Å². The van der Waals surface area contributed by atoms with Crippen LogP contribution in [-0.2, 0) is 18.4 Å². The quantitative estimate of drug-likeness (QED) is 0.176. The van der Waals surface area contributed by atoms with Crippen molar-refractivity contribution >= 4 is 46.8 Å². The van der Waals surface area contributed by atoms with Gasteiger partial charge in [0.2, 0.25) is 11.7 Å². The lowest BCUT2D eigenvalue weighted by atomic mass is 9.88. The average molecular weight is 612 g/mol. The molecule has 3 aliphatic rings. The van der Waals surface area contributed by atoms with E-state index in [0.29, 0.717) is 46.0 Å². The van der Waals surface area contributed by atoms with Gasteiger partial charge in [0.25, 0.3) is 5.56 Å². The van der Waals surface area contributed by atoms with Crippen LogP contribution in [0.2, 0.25) is 5.02 Å². The van der Waals surface area contributed by atoms with Gasteiger partial charge < -0.3 is 29.3 Å². The van der Waals surface area contributed by atoms with Crippen molar-refractivity contribution in [2.24, 2.45) is 12.0 Å². The minimum Gasteiger partial charge on any atom is -0.446 e. The molecular formula is C32H32ClN8O3+. The Labute approximate surface area is 258 Å². The Morgan fingerprint density at radius 1 is 1.23 bits per heavy atom. The van der Waals surface area contributed by atoms with E-state index in [1.165, 1.54) is 6.20 Å². The standard InChI is InChI=1S/C32H31ClN8O3/c1-40-29-28(33)27(44-26(14-34)23-15-35-11-12-36-23)16-37-30(29)39-32(40)38-22-13-21(20-7-8-20)17-41(31(22)42)24-9-10-25(24)43-18-19-5-3-2-4-6-19/h2-6,11-17,20,24-25,34,36H,7-10,18H2,1H3,(H,37,38,39)/p+1/b26-23+,34-14?/t24-,25-/m1/s1. The third-order valence-electron chi connectivity index (χ3n) is 8.30. The zero-order valence-electron chi connectivity index (χ0n) is 24.1. The first-order valence-corrected chi connectivity index (χ1v) is 15.0. The number of rotatable bonds is 10. The molecule has 2 saturated carbocycles. The molecule has 0 bridgehead atoms. The van der Waals surface area contributed by atoms with Gasteiger partial charge in [0.1, 0.15) is 22.4 Å². The number of ether oxygens (including phenoxy) is 2. The summed E-state index contributed by atoms with van der Waals surface area (Å²) in [5.41, 5.74) is 4.15. The fourth-order valence-corrected chi connectivity index (χ4v) is 5.86. The zero-order chi connectivity index (χ0) is 30.2. The molecular weight excluding hydrogens is 580 g/mol. The lowest BCUT2D eigenvalue weighted by molar-refractivity contribution is -0.528. The molecule has 1 aromatic carbocycles. The first kappa shape index (κ1) is 28.2. The highest BCUT2D eigenvalue weighted by Gasteiger charge is 2.36. The molecule has 2 fully saturated rings. The smallest absolute Gasteiger partial charge is 0.274 e. The van der Waals surface area contributed by atoms with Crippen molar-refractivity contribution in [1.29, 1.82) is 5.41 Å². The molecule has 2 aliphatic carbocycles. The second-order valence-electron chi connectivity index (χ2n) is 11.2. The second-order valence-corrected chi connectivity index (χ2v) is 11.6. The van der Waals surface area contributed by atoms with Gasteiger partial charge in [-0.05, 0) is 48.8 Å². The maximum atomic E-state index is 13.9. The molecule has 2 atom stereocenters. The zero-order valence-corrected chi connectivity index (χ0v) is 24.9. The number of halogens is 1. The lowest BCUT2D eigenvalue weighted by Gasteiger charge is -2.38. The topological polar surface area (TPSA) is 136 Å². The highest BCUT2D eigenvalue weighted by atomic mass is 35.5. The van der Waals surface area contributed by atoms with Gasteiger partial charge in [-0.1, -0.05) is 41.9 Å². The van der Waals surface area contributed by atoms with Gasteiger partial charge in [0.05, 0.1) is 43.6 Å². The normalized spacial score (nSPS) is 20.4. The van der Waals surface area contributed by atoms with Crippen LogP contribution in [0.25, 0.3) is 11.2 Å². The van der Waals surface area contributed by atoms with Gasteiger partial charge in [-0.25, -0.2) is 4.98 Å². The number of nitrogens with two attached hydrogens (primary N) is 1. The van der Waals surface area contributed by atoms with E-state index in [1.54, 1.807) is 35.5 Å². The summed E-state index contributed by atoms with van der Waals surface area (Å²) in [5.74, 6) is 1.43. The van der Waals surface area contributed by atoms with Crippen LogP contribution in [0, 0.1) is 5.41 Å². The van der Waals surface area contributed by atoms with E-state index in [9.17, 15) is 4.79 Å². The molecule has 0 radical (unpaired) electrons.